The molecule has 7 rings (SSSR count). The lowest BCUT2D eigenvalue weighted by Crippen LogP contribution is -2.58. The van der Waals surface area contributed by atoms with Crippen molar-refractivity contribution in [2.75, 3.05) is 38.2 Å². The topological polar surface area (TPSA) is 90.5 Å². The molecule has 3 atom stereocenters. The molecule has 9 nitrogen and oxygen atoms in total. The monoisotopic (exact) mass is 631 g/mol. The van der Waals surface area contributed by atoms with Crippen molar-refractivity contribution in [1.29, 1.82) is 0 Å². The summed E-state index contributed by atoms with van der Waals surface area (Å²) in [6.07, 6.45) is 5.61. The Labute approximate surface area is 267 Å². The minimum atomic E-state index is -0.510. The number of benzene rings is 2. The zero-order chi connectivity index (χ0) is 31.6. The Hall–Kier alpha value is -3.76. The Kier molecular flexibility index (Phi) is 7.68. The summed E-state index contributed by atoms with van der Waals surface area (Å²) in [6, 6.07) is 5.90. The zero-order valence-corrected chi connectivity index (χ0v) is 27.0. The molecule has 3 aliphatic rings. The number of nitrogens with one attached hydrogen (secondary N) is 1. The number of halogens is 2. The van der Waals surface area contributed by atoms with Crippen molar-refractivity contribution < 1.29 is 13.9 Å². The second kappa shape index (κ2) is 11.6. The van der Waals surface area contributed by atoms with E-state index in [-0.39, 0.29) is 40.6 Å². The molecule has 1 N–H and O–H groups in total. The van der Waals surface area contributed by atoms with E-state index in [0.717, 1.165) is 60.0 Å². The second-order valence-corrected chi connectivity index (χ2v) is 13.4. The molecule has 0 spiro atoms. The van der Waals surface area contributed by atoms with Gasteiger partial charge in [0.15, 0.2) is 5.82 Å². The lowest BCUT2D eigenvalue weighted by atomic mass is 9.93. The summed E-state index contributed by atoms with van der Waals surface area (Å²) >= 11 is 7.05. The van der Waals surface area contributed by atoms with Crippen molar-refractivity contribution in [3.63, 3.8) is 0 Å². The number of H-pyrrole nitrogens is 1. The molecule has 11 heteroatoms. The Balaban J connectivity index is 1.39. The van der Waals surface area contributed by atoms with Gasteiger partial charge in [0.05, 0.1) is 16.2 Å². The maximum atomic E-state index is 17.1. The van der Waals surface area contributed by atoms with Gasteiger partial charge >= 0.3 is 6.01 Å². The smallest absolute Gasteiger partial charge is 0.319 e. The number of likely N-dealkylation sites (N-methyl/N-ethyl adjacent to an activating group) is 1. The third kappa shape index (κ3) is 5.21. The SMILES string of the molecule is C=CC(=O)N1C[C@H](C)N(c2nc(OCC3CCCN3C)nc3c(F)c(-c4c(C)ccc5[nH]nc(C6CC6)c45)c(Cl)cc23)C[C@H]1C. The second-order valence-electron chi connectivity index (χ2n) is 13.0. The van der Waals surface area contributed by atoms with Crippen molar-refractivity contribution in [2.45, 2.75) is 70.5 Å². The molecule has 4 aromatic rings. The van der Waals surface area contributed by atoms with Crippen LogP contribution in [0.2, 0.25) is 5.02 Å². The number of ether oxygens (including phenoxy) is 1. The van der Waals surface area contributed by atoms with Gasteiger partial charge in [-0.1, -0.05) is 24.2 Å². The molecule has 1 aliphatic carbocycles. The molecule has 2 saturated heterocycles. The predicted octanol–water partition coefficient (Wildman–Crippen LogP) is 6.24. The van der Waals surface area contributed by atoms with Crippen LogP contribution in [0.5, 0.6) is 6.01 Å². The van der Waals surface area contributed by atoms with Gasteiger partial charge in [-0.2, -0.15) is 15.1 Å². The van der Waals surface area contributed by atoms with E-state index in [0.29, 0.717) is 42.4 Å². The highest BCUT2D eigenvalue weighted by molar-refractivity contribution is 6.35. The van der Waals surface area contributed by atoms with Crippen molar-refractivity contribution >= 4 is 45.1 Å². The van der Waals surface area contributed by atoms with Crippen LogP contribution in [0.4, 0.5) is 10.2 Å². The molecular formula is C34H39ClFN7O2. The maximum Gasteiger partial charge on any atom is 0.319 e. The minimum absolute atomic E-state index is 0.110. The third-order valence-corrected chi connectivity index (χ3v) is 10.1. The molecule has 236 valence electrons. The summed E-state index contributed by atoms with van der Waals surface area (Å²) in [6.45, 7) is 12.1. The van der Waals surface area contributed by atoms with Crippen molar-refractivity contribution in [3.05, 3.63) is 53.0 Å². The number of aryl methyl sites for hydroxylation is 1. The molecule has 2 aromatic carbocycles. The van der Waals surface area contributed by atoms with E-state index in [1.807, 2.05) is 37.8 Å². The molecule has 0 radical (unpaired) electrons. The van der Waals surface area contributed by atoms with Gasteiger partial charge in [0.25, 0.3) is 0 Å². The van der Waals surface area contributed by atoms with Crippen molar-refractivity contribution in [2.24, 2.45) is 0 Å². The minimum Gasteiger partial charge on any atom is -0.462 e. The number of hydrogen-bond donors (Lipinski definition) is 1. The summed E-state index contributed by atoms with van der Waals surface area (Å²) in [5.74, 6) is 0.284. The van der Waals surface area contributed by atoms with Crippen LogP contribution >= 0.6 is 11.6 Å². The summed E-state index contributed by atoms with van der Waals surface area (Å²) < 4.78 is 23.4. The van der Waals surface area contributed by atoms with Gasteiger partial charge in [0.1, 0.15) is 17.9 Å². The fourth-order valence-electron chi connectivity index (χ4n) is 7.10. The number of anilines is 1. The molecule has 1 saturated carbocycles. The lowest BCUT2D eigenvalue weighted by molar-refractivity contribution is -0.128. The first kappa shape index (κ1) is 29.9. The highest BCUT2D eigenvalue weighted by Crippen LogP contribution is 2.48. The van der Waals surface area contributed by atoms with Gasteiger partial charge in [-0.3, -0.25) is 9.89 Å². The van der Waals surface area contributed by atoms with E-state index < -0.39 is 5.82 Å². The van der Waals surface area contributed by atoms with Gasteiger partial charge in [0, 0.05) is 59.0 Å². The number of amides is 1. The van der Waals surface area contributed by atoms with E-state index in [2.05, 4.69) is 33.6 Å². The first-order chi connectivity index (χ1) is 21.7. The van der Waals surface area contributed by atoms with E-state index in [4.69, 9.17) is 26.3 Å². The van der Waals surface area contributed by atoms with E-state index >= 15 is 4.39 Å². The number of nitrogens with zero attached hydrogens (tertiary/aromatic N) is 6. The fraction of sp³-hybridized carbons (Fsp3) is 0.471. The summed E-state index contributed by atoms with van der Waals surface area (Å²) in [7, 11) is 2.09. The number of carbonyl (C=O) groups excluding carboxylic acids is 1. The number of likely N-dealkylation sites (tertiary alicyclic amines) is 1. The molecule has 45 heavy (non-hydrogen) atoms. The van der Waals surface area contributed by atoms with Crippen LogP contribution in [0.25, 0.3) is 32.9 Å². The van der Waals surface area contributed by atoms with Crippen LogP contribution in [0, 0.1) is 12.7 Å². The number of fused-ring (bicyclic) bond motifs is 2. The number of carbonyl (C=O) groups is 1. The Bertz CT molecular complexity index is 1820. The maximum absolute atomic E-state index is 17.1. The largest absolute Gasteiger partial charge is 0.462 e. The molecule has 0 bridgehead atoms. The van der Waals surface area contributed by atoms with Gasteiger partial charge in [-0.15, -0.1) is 0 Å². The Morgan fingerprint density at radius 3 is 2.69 bits per heavy atom. The number of rotatable bonds is 7. The van der Waals surface area contributed by atoms with Crippen LogP contribution < -0.4 is 9.64 Å². The Morgan fingerprint density at radius 1 is 1.18 bits per heavy atom. The normalized spacial score (nSPS) is 22.5. The third-order valence-electron chi connectivity index (χ3n) is 9.82. The molecule has 4 heterocycles. The van der Waals surface area contributed by atoms with Crippen LogP contribution in [0.1, 0.15) is 56.7 Å². The van der Waals surface area contributed by atoms with Crippen LogP contribution in [-0.2, 0) is 4.79 Å². The molecule has 2 aliphatic heterocycles. The summed E-state index contributed by atoms with van der Waals surface area (Å²) in [5, 5.41) is 9.48. The van der Waals surface area contributed by atoms with Crippen LogP contribution in [0.3, 0.4) is 0 Å². The average molecular weight is 632 g/mol. The number of aromatic amines is 1. The molecule has 1 unspecified atom stereocenters. The first-order valence-corrected chi connectivity index (χ1v) is 16.2. The quantitative estimate of drug-likeness (QED) is 0.242. The number of piperazine rings is 1. The Morgan fingerprint density at radius 2 is 1.98 bits per heavy atom. The van der Waals surface area contributed by atoms with Gasteiger partial charge < -0.3 is 19.4 Å². The fourth-order valence-corrected chi connectivity index (χ4v) is 7.38. The summed E-state index contributed by atoms with van der Waals surface area (Å²) in [5.41, 5.74) is 3.93. The molecule has 2 aromatic heterocycles. The van der Waals surface area contributed by atoms with Crippen LogP contribution in [-0.4, -0.2) is 87.3 Å². The van der Waals surface area contributed by atoms with Gasteiger partial charge in [-0.05, 0) is 83.8 Å². The molecular weight excluding hydrogens is 593 g/mol. The van der Waals surface area contributed by atoms with E-state index in [1.54, 1.807) is 6.07 Å². The summed E-state index contributed by atoms with van der Waals surface area (Å²) in [4.78, 5) is 28.3. The number of hydrogen-bond acceptors (Lipinski definition) is 7. The molecule has 1 amide bonds. The van der Waals surface area contributed by atoms with Gasteiger partial charge in [0.2, 0.25) is 5.91 Å². The number of aromatic nitrogens is 4. The van der Waals surface area contributed by atoms with Gasteiger partial charge in [-0.25, -0.2) is 4.39 Å². The van der Waals surface area contributed by atoms with Crippen molar-refractivity contribution in [3.8, 4) is 17.1 Å². The van der Waals surface area contributed by atoms with E-state index in [9.17, 15) is 4.79 Å². The highest BCUT2D eigenvalue weighted by atomic mass is 35.5. The lowest BCUT2D eigenvalue weighted by Gasteiger charge is -2.44. The zero-order valence-electron chi connectivity index (χ0n) is 26.2. The first-order valence-electron chi connectivity index (χ1n) is 15.9. The highest BCUT2D eigenvalue weighted by Gasteiger charge is 2.35. The van der Waals surface area contributed by atoms with Crippen molar-refractivity contribution in [1.82, 2.24) is 30.0 Å². The van der Waals surface area contributed by atoms with Crippen LogP contribution in [0.15, 0.2) is 30.9 Å². The predicted molar refractivity (Wildman–Crippen MR) is 176 cm³/mol. The molecule has 3 fully saturated rings. The van der Waals surface area contributed by atoms with E-state index in [1.165, 1.54) is 6.08 Å². The average Bonchev–Trinajstić information content (AvgIpc) is 3.64. The standard InChI is InChI=1S/C34H39ClFN7O2/c1-6-26(44)42-15-20(4)43(16-19(42)3)33-23-14-24(35)28(27-18(2)9-12-25-29(27)31(40-39-25)21-10-11-21)30(36)32(23)37-34(38-33)45-17-22-8-7-13-41(22)5/h6,9,12,14,19-22H,1,7-8,10-11,13,15-17H2,2-5H3,(H,39,40)/t19-,20+,22?/m1/s1.